The molecule has 1 aliphatic heterocycles. The fourth-order valence-electron chi connectivity index (χ4n) is 4.33. The number of guanidine groups is 1. The molecule has 0 spiro atoms. The summed E-state index contributed by atoms with van der Waals surface area (Å²) in [6, 6.07) is 5.79. The molecule has 176 valence electrons. The smallest absolute Gasteiger partial charge is 0.382 e. The van der Waals surface area contributed by atoms with Crippen molar-refractivity contribution in [3.8, 4) is 0 Å². The molecule has 5 nitrogen and oxygen atoms in total. The van der Waals surface area contributed by atoms with Crippen molar-refractivity contribution in [2.45, 2.75) is 37.3 Å². The molecule has 1 saturated carbocycles. The van der Waals surface area contributed by atoms with Crippen LogP contribution >= 0.6 is 24.0 Å². The van der Waals surface area contributed by atoms with Crippen LogP contribution in [0, 0.1) is 5.92 Å². The van der Waals surface area contributed by atoms with Gasteiger partial charge in [0.1, 0.15) is 0 Å². The quantitative estimate of drug-likeness (QED) is 0.225. The number of methoxy groups -OCH3 is 1. The van der Waals surface area contributed by atoms with E-state index >= 15 is 0 Å². The Morgan fingerprint density at radius 3 is 2.68 bits per heavy atom. The number of halogens is 4. The highest BCUT2D eigenvalue weighted by Gasteiger charge is 2.41. The maximum atomic E-state index is 13.2. The Morgan fingerprint density at radius 2 is 2.06 bits per heavy atom. The number of hydrogen-bond donors (Lipinski definition) is 1. The van der Waals surface area contributed by atoms with Crippen LogP contribution < -0.4 is 5.32 Å². The number of nitrogens with one attached hydrogen (secondary N) is 1. The van der Waals surface area contributed by atoms with Gasteiger partial charge in [-0.2, -0.15) is 13.2 Å². The predicted molar refractivity (Wildman–Crippen MR) is 126 cm³/mol. The molecule has 1 N–H and O–H groups in total. The minimum atomic E-state index is -4.32. The Balaban J connectivity index is 0.00000341. The molecule has 1 heterocycles. The average molecular weight is 555 g/mol. The summed E-state index contributed by atoms with van der Waals surface area (Å²) in [6.45, 7) is 4.24. The van der Waals surface area contributed by atoms with Crippen LogP contribution in [0.2, 0.25) is 0 Å². The predicted octanol–water partition coefficient (Wildman–Crippen LogP) is 4.31. The molecule has 9 heteroatoms. The van der Waals surface area contributed by atoms with E-state index in [-0.39, 0.29) is 29.4 Å². The Hall–Kier alpha value is -1.07. The van der Waals surface area contributed by atoms with Gasteiger partial charge in [0.15, 0.2) is 5.96 Å². The molecular formula is C22H33F3IN3O2. The van der Waals surface area contributed by atoms with Gasteiger partial charge in [-0.15, -0.1) is 24.0 Å². The van der Waals surface area contributed by atoms with Crippen molar-refractivity contribution in [2.24, 2.45) is 10.9 Å². The first-order valence-electron chi connectivity index (χ1n) is 10.6. The zero-order valence-electron chi connectivity index (χ0n) is 18.2. The molecule has 0 amide bonds. The maximum Gasteiger partial charge on any atom is 0.416 e. The van der Waals surface area contributed by atoms with E-state index in [1.54, 1.807) is 14.2 Å². The summed E-state index contributed by atoms with van der Waals surface area (Å²) in [5.41, 5.74) is -0.0801. The number of nitrogens with zero attached hydrogens (tertiary/aromatic N) is 2. The number of ether oxygens (including phenoxy) is 2. The summed E-state index contributed by atoms with van der Waals surface area (Å²) in [5.74, 6) is 1.26. The molecule has 1 aromatic carbocycles. The molecule has 1 aromatic rings. The molecule has 0 radical (unpaired) electrons. The second kappa shape index (κ2) is 11.7. The van der Waals surface area contributed by atoms with Crippen molar-refractivity contribution >= 4 is 29.9 Å². The first-order valence-corrected chi connectivity index (χ1v) is 10.6. The number of hydrogen-bond acceptors (Lipinski definition) is 3. The van der Waals surface area contributed by atoms with E-state index < -0.39 is 11.7 Å². The number of rotatable bonds is 8. The molecular weight excluding hydrogens is 522 g/mol. The molecule has 1 saturated heterocycles. The summed E-state index contributed by atoms with van der Waals surface area (Å²) in [4.78, 5) is 6.63. The summed E-state index contributed by atoms with van der Waals surface area (Å²) < 4.78 is 50.1. The normalized spacial score (nSPS) is 20.9. The Bertz CT molecular complexity index is 726. The molecule has 0 bridgehead atoms. The van der Waals surface area contributed by atoms with Gasteiger partial charge < -0.3 is 19.7 Å². The van der Waals surface area contributed by atoms with E-state index in [1.807, 2.05) is 6.07 Å². The lowest BCUT2D eigenvalue weighted by atomic mass is 9.64. The van der Waals surface area contributed by atoms with Gasteiger partial charge in [-0.1, -0.05) is 24.6 Å². The van der Waals surface area contributed by atoms with Crippen LogP contribution in [0.3, 0.4) is 0 Å². The van der Waals surface area contributed by atoms with Crippen molar-refractivity contribution in [3.63, 3.8) is 0 Å². The Labute approximate surface area is 199 Å². The Morgan fingerprint density at radius 1 is 1.29 bits per heavy atom. The van der Waals surface area contributed by atoms with Crippen LogP contribution in [0.4, 0.5) is 13.2 Å². The highest BCUT2D eigenvalue weighted by molar-refractivity contribution is 14.0. The van der Waals surface area contributed by atoms with E-state index in [9.17, 15) is 13.2 Å². The number of alkyl halides is 3. The monoisotopic (exact) mass is 555 g/mol. The van der Waals surface area contributed by atoms with Gasteiger partial charge in [0.2, 0.25) is 0 Å². The van der Waals surface area contributed by atoms with Crippen molar-refractivity contribution < 1.29 is 22.6 Å². The second-order valence-electron chi connectivity index (χ2n) is 8.28. The van der Waals surface area contributed by atoms with E-state index in [2.05, 4.69) is 15.2 Å². The zero-order chi connectivity index (χ0) is 21.6. The first kappa shape index (κ1) is 26.2. The van der Waals surface area contributed by atoms with Crippen molar-refractivity contribution in [1.82, 2.24) is 10.2 Å². The highest BCUT2D eigenvalue weighted by atomic mass is 127. The van der Waals surface area contributed by atoms with Gasteiger partial charge in [-0.25, -0.2) is 0 Å². The summed E-state index contributed by atoms with van der Waals surface area (Å²) in [6.07, 6.45) is -0.490. The van der Waals surface area contributed by atoms with Gasteiger partial charge in [0.05, 0.1) is 25.4 Å². The summed E-state index contributed by atoms with van der Waals surface area (Å²) in [7, 11) is 3.41. The standard InChI is InChI=1S/C22H32F3N3O2.HI/c1-26-20(28-10-7-17(14-28)15-30-12-11-29-2)27-16-21(8-4-9-21)18-5-3-6-19(13-18)22(23,24)25;/h3,5-6,13,17H,4,7-12,14-16H2,1-2H3,(H,26,27);1H. The minimum absolute atomic E-state index is 0. The lowest BCUT2D eigenvalue weighted by molar-refractivity contribution is -0.137. The van der Waals surface area contributed by atoms with Gasteiger partial charge in [0.25, 0.3) is 0 Å². The van der Waals surface area contributed by atoms with Crippen molar-refractivity contribution in [3.05, 3.63) is 35.4 Å². The van der Waals surface area contributed by atoms with E-state index in [1.165, 1.54) is 12.1 Å². The van der Waals surface area contributed by atoms with Gasteiger partial charge in [-0.05, 0) is 30.9 Å². The van der Waals surface area contributed by atoms with Crippen LogP contribution in [-0.4, -0.2) is 64.5 Å². The maximum absolute atomic E-state index is 13.2. The van der Waals surface area contributed by atoms with Gasteiger partial charge in [0, 0.05) is 45.1 Å². The minimum Gasteiger partial charge on any atom is -0.382 e. The first-order chi connectivity index (χ1) is 14.4. The molecule has 1 atom stereocenters. The van der Waals surface area contributed by atoms with Crippen LogP contribution in [0.5, 0.6) is 0 Å². The van der Waals surface area contributed by atoms with E-state index in [0.717, 1.165) is 56.4 Å². The third-order valence-electron chi connectivity index (χ3n) is 6.28. The molecule has 31 heavy (non-hydrogen) atoms. The molecule has 1 unspecified atom stereocenters. The highest BCUT2D eigenvalue weighted by Crippen LogP contribution is 2.44. The number of benzene rings is 1. The molecule has 2 fully saturated rings. The number of likely N-dealkylation sites (tertiary alicyclic amines) is 1. The van der Waals surface area contributed by atoms with Crippen LogP contribution in [0.25, 0.3) is 0 Å². The van der Waals surface area contributed by atoms with Crippen LogP contribution in [0.1, 0.15) is 36.8 Å². The topological polar surface area (TPSA) is 46.1 Å². The fraction of sp³-hybridized carbons (Fsp3) is 0.682. The average Bonchev–Trinajstić information content (AvgIpc) is 3.15. The van der Waals surface area contributed by atoms with Crippen LogP contribution in [-0.2, 0) is 21.1 Å². The van der Waals surface area contributed by atoms with Gasteiger partial charge in [-0.3, -0.25) is 4.99 Å². The summed E-state index contributed by atoms with van der Waals surface area (Å²) >= 11 is 0. The third-order valence-corrected chi connectivity index (χ3v) is 6.28. The lowest BCUT2D eigenvalue weighted by Gasteiger charge is -2.43. The largest absolute Gasteiger partial charge is 0.416 e. The van der Waals surface area contributed by atoms with Crippen molar-refractivity contribution in [1.29, 1.82) is 0 Å². The number of aliphatic imine (C=N–C) groups is 1. The van der Waals surface area contributed by atoms with E-state index in [0.29, 0.717) is 32.3 Å². The molecule has 0 aromatic heterocycles. The Kier molecular flexibility index (Phi) is 9.88. The second-order valence-corrected chi connectivity index (χ2v) is 8.28. The summed E-state index contributed by atoms with van der Waals surface area (Å²) in [5, 5.41) is 3.44. The zero-order valence-corrected chi connectivity index (χ0v) is 20.5. The molecule has 3 rings (SSSR count). The van der Waals surface area contributed by atoms with Crippen molar-refractivity contribution in [2.75, 3.05) is 53.6 Å². The third kappa shape index (κ3) is 6.71. The van der Waals surface area contributed by atoms with Crippen LogP contribution in [0.15, 0.2) is 29.3 Å². The van der Waals surface area contributed by atoms with Gasteiger partial charge >= 0.3 is 6.18 Å². The lowest BCUT2D eigenvalue weighted by Crippen LogP contribution is -2.49. The fourth-order valence-corrected chi connectivity index (χ4v) is 4.33. The molecule has 2 aliphatic rings. The molecule has 1 aliphatic carbocycles. The van der Waals surface area contributed by atoms with E-state index in [4.69, 9.17) is 9.47 Å². The SMILES string of the molecule is CN=C(NCC1(c2cccc(C(F)(F)F)c2)CCC1)N1CCC(COCCOC)C1.I.